The number of sulfonamides is 1. The van der Waals surface area contributed by atoms with E-state index < -0.39 is 22.1 Å². The van der Waals surface area contributed by atoms with E-state index in [0.29, 0.717) is 31.7 Å². The van der Waals surface area contributed by atoms with Gasteiger partial charge in [-0.1, -0.05) is 12.8 Å². The fourth-order valence-corrected chi connectivity index (χ4v) is 5.19. The standard InChI is InChI=1S/C18H26N4O4S/c19-18(24)22-13-5-6-16(22)17(23)20-14-7-9-15(10-8-14)27(25,26)21-11-3-1-2-4-12-21/h7-10,16H,1-6,11-13H2,(H2,19,24)(H,20,23). The number of nitrogens with one attached hydrogen (secondary N) is 1. The zero-order valence-electron chi connectivity index (χ0n) is 15.3. The van der Waals surface area contributed by atoms with E-state index in [1.54, 1.807) is 12.1 Å². The average Bonchev–Trinajstić information content (AvgIpc) is 2.97. The minimum atomic E-state index is -3.52. The number of nitrogens with two attached hydrogens (primary N) is 1. The molecule has 148 valence electrons. The number of hydrogen-bond donors (Lipinski definition) is 2. The summed E-state index contributed by atoms with van der Waals surface area (Å²) < 4.78 is 27.1. The molecule has 0 aliphatic carbocycles. The Morgan fingerprint density at radius 2 is 1.59 bits per heavy atom. The van der Waals surface area contributed by atoms with Crippen LogP contribution in [0.3, 0.4) is 0 Å². The van der Waals surface area contributed by atoms with Gasteiger partial charge in [0.1, 0.15) is 6.04 Å². The van der Waals surface area contributed by atoms with E-state index >= 15 is 0 Å². The van der Waals surface area contributed by atoms with E-state index in [9.17, 15) is 18.0 Å². The van der Waals surface area contributed by atoms with Crippen molar-refractivity contribution in [1.82, 2.24) is 9.21 Å². The molecule has 0 saturated carbocycles. The summed E-state index contributed by atoms with van der Waals surface area (Å²) in [6.45, 7) is 1.57. The van der Waals surface area contributed by atoms with Gasteiger partial charge in [-0.3, -0.25) is 4.79 Å². The summed E-state index contributed by atoms with van der Waals surface area (Å²) in [5.41, 5.74) is 5.80. The van der Waals surface area contributed by atoms with Crippen molar-refractivity contribution in [1.29, 1.82) is 0 Å². The summed E-state index contributed by atoms with van der Waals surface area (Å²) in [6.07, 6.45) is 5.17. The molecule has 2 aliphatic heterocycles. The quantitative estimate of drug-likeness (QED) is 0.810. The molecule has 0 bridgehead atoms. The van der Waals surface area contributed by atoms with Crippen molar-refractivity contribution in [3.05, 3.63) is 24.3 Å². The molecule has 1 aromatic rings. The predicted molar refractivity (Wildman–Crippen MR) is 102 cm³/mol. The van der Waals surface area contributed by atoms with Crippen LogP contribution in [0.2, 0.25) is 0 Å². The van der Waals surface area contributed by atoms with Crippen molar-refractivity contribution >= 4 is 27.6 Å². The molecule has 2 heterocycles. The molecule has 27 heavy (non-hydrogen) atoms. The van der Waals surface area contributed by atoms with Crippen LogP contribution in [0.15, 0.2) is 29.2 Å². The van der Waals surface area contributed by atoms with Crippen molar-refractivity contribution in [3.63, 3.8) is 0 Å². The number of rotatable bonds is 4. The molecule has 0 spiro atoms. The number of urea groups is 1. The molecule has 2 aliphatic rings. The van der Waals surface area contributed by atoms with Gasteiger partial charge in [0, 0.05) is 25.3 Å². The van der Waals surface area contributed by atoms with E-state index in [2.05, 4.69) is 5.32 Å². The van der Waals surface area contributed by atoms with Crippen LogP contribution >= 0.6 is 0 Å². The van der Waals surface area contributed by atoms with Gasteiger partial charge in [0.2, 0.25) is 15.9 Å². The molecule has 1 aromatic carbocycles. The largest absolute Gasteiger partial charge is 0.351 e. The maximum absolute atomic E-state index is 12.8. The second-order valence-corrected chi connectivity index (χ2v) is 8.96. The van der Waals surface area contributed by atoms with Crippen molar-refractivity contribution in [2.75, 3.05) is 25.0 Å². The highest BCUT2D eigenvalue weighted by Gasteiger charge is 2.33. The van der Waals surface area contributed by atoms with Gasteiger partial charge in [-0.15, -0.1) is 0 Å². The Balaban J connectivity index is 1.68. The molecule has 0 radical (unpaired) electrons. The molecular weight excluding hydrogens is 368 g/mol. The SMILES string of the molecule is NC(=O)N1CCCC1C(=O)Nc1ccc(S(=O)(=O)N2CCCCCC2)cc1. The van der Waals surface area contributed by atoms with Crippen LogP contribution in [-0.2, 0) is 14.8 Å². The Morgan fingerprint density at radius 3 is 2.19 bits per heavy atom. The Morgan fingerprint density at radius 1 is 0.963 bits per heavy atom. The zero-order valence-corrected chi connectivity index (χ0v) is 16.1. The normalized spacial score (nSPS) is 21.6. The van der Waals surface area contributed by atoms with Gasteiger partial charge in [-0.25, -0.2) is 13.2 Å². The molecule has 0 aromatic heterocycles. The molecule has 8 nitrogen and oxygen atoms in total. The lowest BCUT2D eigenvalue weighted by Crippen LogP contribution is -2.45. The second-order valence-electron chi connectivity index (χ2n) is 7.02. The highest BCUT2D eigenvalue weighted by molar-refractivity contribution is 7.89. The van der Waals surface area contributed by atoms with Crippen LogP contribution in [0.5, 0.6) is 0 Å². The molecule has 9 heteroatoms. The van der Waals surface area contributed by atoms with Crippen molar-refractivity contribution in [2.45, 2.75) is 49.5 Å². The third kappa shape index (κ3) is 4.41. The van der Waals surface area contributed by atoms with Crippen LogP contribution < -0.4 is 11.1 Å². The lowest BCUT2D eigenvalue weighted by atomic mass is 10.2. The minimum Gasteiger partial charge on any atom is -0.351 e. The highest BCUT2D eigenvalue weighted by atomic mass is 32.2. The van der Waals surface area contributed by atoms with Crippen LogP contribution in [0.4, 0.5) is 10.5 Å². The topological polar surface area (TPSA) is 113 Å². The summed E-state index contributed by atoms with van der Waals surface area (Å²) >= 11 is 0. The summed E-state index contributed by atoms with van der Waals surface area (Å²) in [6, 6.07) is 4.99. The monoisotopic (exact) mass is 394 g/mol. The van der Waals surface area contributed by atoms with Gasteiger partial charge in [-0.2, -0.15) is 4.31 Å². The summed E-state index contributed by atoms with van der Waals surface area (Å²) in [7, 11) is -3.52. The fraction of sp³-hybridized carbons (Fsp3) is 0.556. The second kappa shape index (κ2) is 8.26. The van der Waals surface area contributed by atoms with Crippen LogP contribution in [-0.4, -0.2) is 55.2 Å². The molecule has 1 atom stereocenters. The van der Waals surface area contributed by atoms with E-state index in [0.717, 1.165) is 32.1 Å². The smallest absolute Gasteiger partial charge is 0.315 e. The predicted octanol–water partition coefficient (Wildman–Crippen LogP) is 1.73. The molecule has 2 saturated heterocycles. The van der Waals surface area contributed by atoms with Gasteiger partial charge in [-0.05, 0) is 49.9 Å². The fourth-order valence-electron chi connectivity index (χ4n) is 3.67. The van der Waals surface area contributed by atoms with Crippen molar-refractivity contribution < 1.29 is 18.0 Å². The number of hydrogen-bond acceptors (Lipinski definition) is 4. The molecule has 1 unspecified atom stereocenters. The number of carbonyl (C=O) groups is 2. The maximum Gasteiger partial charge on any atom is 0.315 e. The number of benzene rings is 1. The van der Waals surface area contributed by atoms with E-state index in [-0.39, 0.29) is 10.8 Å². The van der Waals surface area contributed by atoms with Gasteiger partial charge in [0.15, 0.2) is 0 Å². The summed E-state index contributed by atoms with van der Waals surface area (Å²) in [4.78, 5) is 25.4. The zero-order chi connectivity index (χ0) is 19.4. The molecule has 2 fully saturated rings. The third-order valence-corrected chi connectivity index (χ3v) is 7.08. The molecular formula is C18H26N4O4S. The van der Waals surface area contributed by atoms with E-state index in [4.69, 9.17) is 5.73 Å². The van der Waals surface area contributed by atoms with Crippen molar-refractivity contribution in [3.8, 4) is 0 Å². The minimum absolute atomic E-state index is 0.224. The molecule has 3 amide bonds. The van der Waals surface area contributed by atoms with Crippen LogP contribution in [0.1, 0.15) is 38.5 Å². The molecule has 3 N–H and O–H groups in total. The lowest BCUT2D eigenvalue weighted by Gasteiger charge is -2.22. The Labute approximate surface area is 159 Å². The average molecular weight is 394 g/mol. The maximum atomic E-state index is 12.8. The van der Waals surface area contributed by atoms with Gasteiger partial charge >= 0.3 is 6.03 Å². The number of amides is 3. The first-order valence-corrected chi connectivity index (χ1v) is 10.8. The summed E-state index contributed by atoms with van der Waals surface area (Å²) in [5.74, 6) is -0.311. The van der Waals surface area contributed by atoms with Gasteiger partial charge in [0.05, 0.1) is 4.90 Å². The number of primary amides is 1. The number of anilines is 1. The van der Waals surface area contributed by atoms with Gasteiger partial charge < -0.3 is 16.0 Å². The lowest BCUT2D eigenvalue weighted by molar-refractivity contribution is -0.119. The van der Waals surface area contributed by atoms with Crippen LogP contribution in [0, 0.1) is 0 Å². The van der Waals surface area contributed by atoms with Crippen molar-refractivity contribution in [2.24, 2.45) is 5.73 Å². The number of likely N-dealkylation sites (tertiary alicyclic amines) is 1. The van der Waals surface area contributed by atoms with Crippen LogP contribution in [0.25, 0.3) is 0 Å². The Bertz CT molecular complexity index is 786. The number of nitrogens with zero attached hydrogens (tertiary/aromatic N) is 2. The first-order valence-electron chi connectivity index (χ1n) is 9.37. The van der Waals surface area contributed by atoms with Gasteiger partial charge in [0.25, 0.3) is 0 Å². The summed E-state index contributed by atoms with van der Waals surface area (Å²) in [5, 5.41) is 2.74. The Kier molecular flexibility index (Phi) is 6.01. The third-order valence-electron chi connectivity index (χ3n) is 5.16. The molecule has 3 rings (SSSR count). The first kappa shape index (κ1) is 19.6. The highest BCUT2D eigenvalue weighted by Crippen LogP contribution is 2.23. The van der Waals surface area contributed by atoms with E-state index in [1.165, 1.54) is 21.3 Å². The Hall–Kier alpha value is -2.13. The van der Waals surface area contributed by atoms with E-state index in [1.807, 2.05) is 0 Å². The first-order chi connectivity index (χ1) is 12.9. The number of carbonyl (C=O) groups excluding carboxylic acids is 2.